The minimum Gasteiger partial charge on any atom is -0.492 e. The van der Waals surface area contributed by atoms with Crippen LogP contribution in [0.2, 0.25) is 0 Å². The van der Waals surface area contributed by atoms with Gasteiger partial charge in [0, 0.05) is 38.8 Å². The first-order valence-corrected chi connectivity index (χ1v) is 13.1. The van der Waals surface area contributed by atoms with Crippen molar-refractivity contribution in [3.05, 3.63) is 65.9 Å². The lowest BCUT2D eigenvalue weighted by atomic mass is 10.1. The lowest BCUT2D eigenvalue weighted by Crippen LogP contribution is -2.33. The second-order valence-electron chi connectivity index (χ2n) is 9.57. The smallest absolute Gasteiger partial charge is 0.260 e. The van der Waals surface area contributed by atoms with E-state index in [0.717, 1.165) is 31.0 Å². The van der Waals surface area contributed by atoms with Crippen LogP contribution in [0.1, 0.15) is 40.5 Å². The van der Waals surface area contributed by atoms with Crippen molar-refractivity contribution in [2.75, 3.05) is 62.0 Å². The number of nitrogens with one attached hydrogen (secondary N) is 2. The zero-order valence-corrected chi connectivity index (χ0v) is 22.2. The number of rotatable bonds is 8. The summed E-state index contributed by atoms with van der Waals surface area (Å²) in [6.45, 7) is 6.07. The molecule has 9 heteroatoms. The fourth-order valence-corrected chi connectivity index (χ4v) is 5.02. The fraction of sp³-hybridized carbons (Fsp3) is 0.345. The summed E-state index contributed by atoms with van der Waals surface area (Å²) in [5, 5.41) is 6.36. The Morgan fingerprint density at radius 3 is 2.58 bits per heavy atom. The maximum absolute atomic E-state index is 13.1. The number of hydrogen-bond acceptors (Lipinski definition) is 7. The lowest BCUT2D eigenvalue weighted by molar-refractivity contribution is 0.0948. The molecule has 9 nitrogen and oxygen atoms in total. The molecule has 2 amide bonds. The molecule has 2 aliphatic heterocycles. The third-order valence-corrected chi connectivity index (χ3v) is 7.10. The van der Waals surface area contributed by atoms with E-state index in [0.29, 0.717) is 47.2 Å². The number of hydrogen-bond donors (Lipinski definition) is 2. The molecule has 198 valence electrons. The van der Waals surface area contributed by atoms with Crippen LogP contribution in [-0.4, -0.2) is 68.6 Å². The number of carbonyl (C=O) groups is 2. The normalized spacial score (nSPS) is 15.1. The molecule has 1 saturated heterocycles. The molecule has 0 spiro atoms. The molecule has 0 atom stereocenters. The SMILES string of the molecule is CCOc1cc(C(=O)NCCN2CCCC2)ccc1Nc1cc2c(cn1)N(C)C(=O)c1ccccc1N2C. The number of fused-ring (bicyclic) bond motifs is 2. The molecule has 3 heterocycles. The highest BCUT2D eigenvalue weighted by atomic mass is 16.5. The minimum atomic E-state index is -0.118. The third kappa shape index (κ3) is 5.15. The van der Waals surface area contributed by atoms with E-state index in [1.807, 2.05) is 55.3 Å². The van der Waals surface area contributed by atoms with Gasteiger partial charge in [0.15, 0.2) is 0 Å². The first-order valence-electron chi connectivity index (χ1n) is 13.1. The molecule has 5 rings (SSSR count). The highest BCUT2D eigenvalue weighted by Gasteiger charge is 2.27. The molecule has 2 N–H and O–H groups in total. The van der Waals surface area contributed by atoms with Crippen LogP contribution < -0.4 is 25.2 Å². The van der Waals surface area contributed by atoms with Gasteiger partial charge in [0.2, 0.25) is 0 Å². The molecule has 3 aromatic rings. The summed E-state index contributed by atoms with van der Waals surface area (Å²) in [5.74, 6) is 0.969. The summed E-state index contributed by atoms with van der Waals surface area (Å²) in [4.78, 5) is 36.4. The van der Waals surface area contributed by atoms with Crippen molar-refractivity contribution in [3.8, 4) is 5.75 Å². The molecule has 0 bridgehead atoms. The number of aromatic nitrogens is 1. The third-order valence-electron chi connectivity index (χ3n) is 7.10. The van der Waals surface area contributed by atoms with Gasteiger partial charge < -0.3 is 30.1 Å². The molecular weight excluding hydrogens is 480 g/mol. The van der Waals surface area contributed by atoms with Crippen molar-refractivity contribution in [2.45, 2.75) is 19.8 Å². The number of carbonyl (C=O) groups excluding carboxylic acids is 2. The summed E-state index contributed by atoms with van der Waals surface area (Å²) in [6, 6.07) is 14.9. The Balaban J connectivity index is 1.36. The van der Waals surface area contributed by atoms with E-state index < -0.39 is 0 Å². The Morgan fingerprint density at radius 2 is 1.79 bits per heavy atom. The van der Waals surface area contributed by atoms with Crippen LogP contribution in [0.4, 0.5) is 28.6 Å². The van der Waals surface area contributed by atoms with Crippen LogP contribution in [0, 0.1) is 0 Å². The largest absolute Gasteiger partial charge is 0.492 e. The Hall–Kier alpha value is -4.11. The maximum atomic E-state index is 13.1. The predicted molar refractivity (Wildman–Crippen MR) is 150 cm³/mol. The monoisotopic (exact) mass is 514 g/mol. The fourth-order valence-electron chi connectivity index (χ4n) is 5.02. The van der Waals surface area contributed by atoms with Crippen LogP contribution in [0.25, 0.3) is 0 Å². The summed E-state index contributed by atoms with van der Waals surface area (Å²) in [7, 11) is 3.70. The van der Waals surface area contributed by atoms with Crippen LogP contribution in [0.15, 0.2) is 54.7 Å². The van der Waals surface area contributed by atoms with Gasteiger partial charge in [0.1, 0.15) is 11.6 Å². The first kappa shape index (κ1) is 25.5. The topological polar surface area (TPSA) is 90.0 Å². The average Bonchev–Trinajstić information content (AvgIpc) is 3.44. The molecule has 38 heavy (non-hydrogen) atoms. The molecule has 0 saturated carbocycles. The van der Waals surface area contributed by atoms with Crippen LogP contribution in [-0.2, 0) is 0 Å². The highest BCUT2D eigenvalue weighted by molar-refractivity contribution is 6.13. The number of benzene rings is 2. The Kier molecular flexibility index (Phi) is 7.46. The second kappa shape index (κ2) is 11.1. The molecule has 2 aliphatic rings. The number of amides is 2. The predicted octanol–water partition coefficient (Wildman–Crippen LogP) is 4.41. The quantitative estimate of drug-likeness (QED) is 0.460. The number of pyridine rings is 1. The molecule has 0 radical (unpaired) electrons. The van der Waals surface area contributed by atoms with E-state index in [9.17, 15) is 9.59 Å². The molecule has 1 fully saturated rings. The van der Waals surface area contributed by atoms with Gasteiger partial charge in [0.05, 0.1) is 41.1 Å². The van der Waals surface area contributed by atoms with Crippen molar-refractivity contribution >= 4 is 40.4 Å². The van der Waals surface area contributed by atoms with E-state index in [1.54, 1.807) is 30.3 Å². The number of para-hydroxylation sites is 1. The standard InChI is InChI=1S/C29H34N6O3/c1-4-38-26-17-20(28(36)30-13-16-35-14-7-8-15-35)11-12-22(26)32-27-18-24-25(19-31-27)34(3)29(37)21-9-5-6-10-23(21)33(24)2/h5-6,9-12,17-19H,4,7-8,13-16H2,1-3H3,(H,30,36)(H,31,32). The van der Waals surface area contributed by atoms with Crippen LogP contribution in [0.5, 0.6) is 5.75 Å². The molecule has 1 aromatic heterocycles. The molecule has 0 aliphatic carbocycles. The molecule has 2 aromatic carbocycles. The van der Waals surface area contributed by atoms with E-state index in [-0.39, 0.29) is 11.8 Å². The molecule has 0 unspecified atom stereocenters. The van der Waals surface area contributed by atoms with Gasteiger partial charge in [0.25, 0.3) is 11.8 Å². The summed E-state index contributed by atoms with van der Waals surface area (Å²) in [6.07, 6.45) is 4.16. The van der Waals surface area contributed by atoms with Crippen molar-refractivity contribution in [1.82, 2.24) is 15.2 Å². The van der Waals surface area contributed by atoms with Crippen molar-refractivity contribution in [3.63, 3.8) is 0 Å². The van der Waals surface area contributed by atoms with Gasteiger partial charge in [-0.1, -0.05) is 12.1 Å². The maximum Gasteiger partial charge on any atom is 0.260 e. The number of nitrogens with zero attached hydrogens (tertiary/aromatic N) is 4. The summed E-state index contributed by atoms with van der Waals surface area (Å²) >= 11 is 0. The Morgan fingerprint density at radius 1 is 1.00 bits per heavy atom. The van der Waals surface area contributed by atoms with E-state index in [4.69, 9.17) is 4.74 Å². The summed E-state index contributed by atoms with van der Waals surface area (Å²) < 4.78 is 5.88. The van der Waals surface area contributed by atoms with Crippen molar-refractivity contribution < 1.29 is 14.3 Å². The summed E-state index contributed by atoms with van der Waals surface area (Å²) in [5.41, 5.74) is 4.27. The van der Waals surface area contributed by atoms with Gasteiger partial charge >= 0.3 is 0 Å². The van der Waals surface area contributed by atoms with E-state index in [1.165, 1.54) is 12.8 Å². The minimum absolute atomic E-state index is 0.0818. The number of ether oxygens (including phenoxy) is 1. The van der Waals surface area contributed by atoms with E-state index >= 15 is 0 Å². The van der Waals surface area contributed by atoms with Crippen LogP contribution in [0.3, 0.4) is 0 Å². The van der Waals surface area contributed by atoms with Crippen LogP contribution >= 0.6 is 0 Å². The Bertz CT molecular complexity index is 1340. The zero-order chi connectivity index (χ0) is 26.6. The van der Waals surface area contributed by atoms with Gasteiger partial charge in [-0.25, -0.2) is 4.98 Å². The Labute approximate surface area is 223 Å². The average molecular weight is 515 g/mol. The molecular formula is C29H34N6O3. The number of likely N-dealkylation sites (tertiary alicyclic amines) is 1. The number of anilines is 5. The lowest BCUT2D eigenvalue weighted by Gasteiger charge is -2.23. The van der Waals surface area contributed by atoms with E-state index in [2.05, 4.69) is 20.5 Å². The van der Waals surface area contributed by atoms with Gasteiger partial charge in [-0.3, -0.25) is 9.59 Å². The van der Waals surface area contributed by atoms with Gasteiger partial charge in [-0.2, -0.15) is 0 Å². The van der Waals surface area contributed by atoms with Gasteiger partial charge in [-0.05, 0) is 63.2 Å². The van der Waals surface area contributed by atoms with Crippen molar-refractivity contribution in [1.29, 1.82) is 0 Å². The van der Waals surface area contributed by atoms with Gasteiger partial charge in [-0.15, -0.1) is 0 Å². The first-order chi connectivity index (χ1) is 18.5. The zero-order valence-electron chi connectivity index (χ0n) is 22.2. The second-order valence-corrected chi connectivity index (χ2v) is 9.57. The highest BCUT2D eigenvalue weighted by Crippen LogP contribution is 2.40. The van der Waals surface area contributed by atoms with Crippen molar-refractivity contribution in [2.24, 2.45) is 0 Å².